The number of nitrogens with zero attached hydrogens (tertiary/aromatic N) is 3. The highest BCUT2D eigenvalue weighted by Crippen LogP contribution is 2.19. The zero-order valence-electron chi connectivity index (χ0n) is 19.7. The number of urea groups is 1. The Hall–Kier alpha value is -3.39. The number of nitrogens with one attached hydrogen (secondary N) is 4. The first-order valence-electron chi connectivity index (χ1n) is 10.8. The zero-order chi connectivity index (χ0) is 24.3. The summed E-state index contributed by atoms with van der Waals surface area (Å²) in [5.74, 6) is 0.997. The van der Waals surface area contributed by atoms with Crippen molar-refractivity contribution in [2.75, 3.05) is 29.0 Å². The van der Waals surface area contributed by atoms with Crippen molar-refractivity contribution < 1.29 is 4.79 Å². The summed E-state index contributed by atoms with van der Waals surface area (Å²) in [6.45, 7) is 11.4. The lowest BCUT2D eigenvalue weighted by Gasteiger charge is -2.27. The van der Waals surface area contributed by atoms with Crippen LogP contribution < -0.4 is 21.3 Å². The summed E-state index contributed by atoms with van der Waals surface area (Å²) in [5, 5.41) is 11.9. The fraction of sp³-hybridized carbons (Fsp3) is 0.333. The summed E-state index contributed by atoms with van der Waals surface area (Å²) >= 11 is 5.68. The van der Waals surface area contributed by atoms with Gasteiger partial charge < -0.3 is 21.3 Å². The molecule has 1 heterocycles. The van der Waals surface area contributed by atoms with Crippen molar-refractivity contribution in [3.05, 3.63) is 71.0 Å². The normalized spacial score (nSPS) is 10.5. The highest BCUT2D eigenvalue weighted by Gasteiger charge is 2.22. The van der Waals surface area contributed by atoms with E-state index in [0.717, 1.165) is 24.3 Å². The van der Waals surface area contributed by atoms with Crippen LogP contribution in [0.5, 0.6) is 0 Å². The van der Waals surface area contributed by atoms with Gasteiger partial charge in [-0.2, -0.15) is 15.0 Å². The van der Waals surface area contributed by atoms with Crippen LogP contribution in [0.15, 0.2) is 54.6 Å². The first kappa shape index (κ1) is 25.9. The quantitative estimate of drug-likeness (QED) is 0.367. The van der Waals surface area contributed by atoms with E-state index in [9.17, 15) is 4.79 Å². The Labute approximate surface area is 200 Å². The van der Waals surface area contributed by atoms with Crippen LogP contribution in [0.1, 0.15) is 38.8 Å². The Morgan fingerprint density at radius 1 is 0.879 bits per heavy atom. The molecule has 0 aliphatic rings. The molecule has 9 heteroatoms. The maximum Gasteiger partial charge on any atom is 0.319 e. The van der Waals surface area contributed by atoms with Crippen molar-refractivity contribution in [3.8, 4) is 0 Å². The Balaban J connectivity index is 0.000000257. The van der Waals surface area contributed by atoms with Gasteiger partial charge in [0.1, 0.15) is 0 Å². The van der Waals surface area contributed by atoms with Gasteiger partial charge in [-0.25, -0.2) is 4.79 Å². The number of hydrogen-bond acceptors (Lipinski definition) is 6. The Morgan fingerprint density at radius 3 is 1.94 bits per heavy atom. The molecule has 0 unspecified atom stereocenters. The van der Waals surface area contributed by atoms with Gasteiger partial charge in [0.05, 0.1) is 5.54 Å². The molecule has 33 heavy (non-hydrogen) atoms. The van der Waals surface area contributed by atoms with Crippen molar-refractivity contribution in [2.45, 2.75) is 40.2 Å². The van der Waals surface area contributed by atoms with Crippen LogP contribution in [0.2, 0.25) is 5.28 Å². The summed E-state index contributed by atoms with van der Waals surface area (Å²) in [7, 11) is 0. The second kappa shape index (κ2) is 12.6. The Morgan fingerprint density at radius 2 is 1.42 bits per heavy atom. The van der Waals surface area contributed by atoms with E-state index in [-0.39, 0.29) is 11.3 Å². The van der Waals surface area contributed by atoms with Crippen LogP contribution in [-0.4, -0.2) is 34.1 Å². The maximum atomic E-state index is 12.1. The molecule has 0 radical (unpaired) electrons. The second-order valence-electron chi connectivity index (χ2n) is 7.75. The highest BCUT2D eigenvalue weighted by molar-refractivity contribution is 6.28. The van der Waals surface area contributed by atoms with Gasteiger partial charge in [0.15, 0.2) is 0 Å². The van der Waals surface area contributed by atoms with Gasteiger partial charge in [-0.3, -0.25) is 0 Å². The zero-order valence-corrected chi connectivity index (χ0v) is 20.5. The lowest BCUT2D eigenvalue weighted by atomic mass is 9.95. The van der Waals surface area contributed by atoms with Crippen LogP contribution in [0.25, 0.3) is 0 Å². The summed E-state index contributed by atoms with van der Waals surface area (Å²) in [6.07, 6.45) is 0. The fourth-order valence-corrected chi connectivity index (χ4v) is 2.99. The number of benzene rings is 2. The van der Waals surface area contributed by atoms with E-state index in [1.54, 1.807) is 0 Å². The topological polar surface area (TPSA) is 104 Å². The van der Waals surface area contributed by atoms with E-state index >= 15 is 0 Å². The third-order valence-corrected chi connectivity index (χ3v) is 4.68. The number of carbonyl (C=O) groups excluding carboxylic acids is 1. The molecule has 0 aliphatic carbocycles. The monoisotopic (exact) mass is 469 g/mol. The number of aromatic nitrogens is 3. The largest absolute Gasteiger partial charge is 0.354 e. The van der Waals surface area contributed by atoms with Crippen LogP contribution in [0.3, 0.4) is 0 Å². The molecule has 2 aromatic carbocycles. The number of hydrogen-bond donors (Lipinski definition) is 4. The van der Waals surface area contributed by atoms with Gasteiger partial charge in [0.2, 0.25) is 17.2 Å². The number of anilines is 3. The summed E-state index contributed by atoms with van der Waals surface area (Å²) in [5.41, 5.74) is 2.60. The smallest absolute Gasteiger partial charge is 0.319 e. The number of aryl methyl sites for hydroxylation is 1. The van der Waals surface area contributed by atoms with Crippen molar-refractivity contribution in [1.82, 2.24) is 20.3 Å². The molecular weight excluding hydrogens is 438 g/mol. The molecule has 1 aromatic heterocycles. The molecule has 0 spiro atoms. The average Bonchev–Trinajstić information content (AvgIpc) is 2.76. The third kappa shape index (κ3) is 8.94. The van der Waals surface area contributed by atoms with Crippen LogP contribution in [0.4, 0.5) is 22.4 Å². The molecule has 0 saturated carbocycles. The van der Waals surface area contributed by atoms with Gasteiger partial charge >= 0.3 is 6.03 Å². The van der Waals surface area contributed by atoms with Crippen LogP contribution in [-0.2, 0) is 5.54 Å². The maximum absolute atomic E-state index is 12.1. The van der Waals surface area contributed by atoms with Crippen LogP contribution >= 0.6 is 11.6 Å². The van der Waals surface area contributed by atoms with Crippen molar-refractivity contribution in [1.29, 1.82) is 0 Å². The molecular formula is C24H32ClN7O. The minimum absolute atomic E-state index is 0.196. The minimum atomic E-state index is -0.421. The number of halogens is 1. The average molecular weight is 470 g/mol. The lowest BCUT2D eigenvalue weighted by molar-refractivity contribution is 0.242. The number of amides is 2. The predicted octanol–water partition coefficient (Wildman–Crippen LogP) is 5.44. The van der Waals surface area contributed by atoms with E-state index < -0.39 is 5.54 Å². The lowest BCUT2D eigenvalue weighted by Crippen LogP contribution is -2.43. The first-order valence-corrected chi connectivity index (χ1v) is 11.2. The Bertz CT molecular complexity index is 987. The number of rotatable bonds is 7. The van der Waals surface area contributed by atoms with Gasteiger partial charge in [-0.15, -0.1) is 0 Å². The molecule has 0 bridgehead atoms. The van der Waals surface area contributed by atoms with Crippen LogP contribution in [0, 0.1) is 6.92 Å². The van der Waals surface area contributed by atoms with Crippen molar-refractivity contribution in [2.24, 2.45) is 0 Å². The SMILES string of the molecule is CCNc1nc(Cl)nc(NCC)n1.Cc1ccc(NC(=O)NC(C)(C)c2ccccc2)cc1. The minimum Gasteiger partial charge on any atom is -0.354 e. The third-order valence-electron chi connectivity index (χ3n) is 4.51. The summed E-state index contributed by atoms with van der Waals surface area (Å²) in [6, 6.07) is 17.4. The Kier molecular flexibility index (Phi) is 9.87. The molecule has 2 amide bonds. The molecule has 176 valence electrons. The highest BCUT2D eigenvalue weighted by atomic mass is 35.5. The van der Waals surface area contributed by atoms with Gasteiger partial charge in [-0.05, 0) is 63.9 Å². The molecule has 4 N–H and O–H groups in total. The summed E-state index contributed by atoms with van der Waals surface area (Å²) < 4.78 is 0. The molecule has 0 atom stereocenters. The fourth-order valence-electron chi connectivity index (χ4n) is 2.83. The number of carbonyl (C=O) groups is 1. The molecule has 0 fully saturated rings. The van der Waals surface area contributed by atoms with Gasteiger partial charge in [0, 0.05) is 18.8 Å². The van der Waals surface area contributed by atoms with E-state index in [2.05, 4.69) is 36.2 Å². The van der Waals surface area contributed by atoms with Gasteiger partial charge in [0.25, 0.3) is 0 Å². The van der Waals surface area contributed by atoms with Crippen molar-refractivity contribution in [3.63, 3.8) is 0 Å². The van der Waals surface area contributed by atoms with E-state index in [0.29, 0.717) is 11.9 Å². The summed E-state index contributed by atoms with van der Waals surface area (Å²) in [4.78, 5) is 23.9. The van der Waals surface area contributed by atoms with Gasteiger partial charge in [-0.1, -0.05) is 48.0 Å². The molecule has 8 nitrogen and oxygen atoms in total. The molecule has 3 rings (SSSR count). The first-order chi connectivity index (χ1) is 15.7. The molecule has 3 aromatic rings. The van der Waals surface area contributed by atoms with E-state index in [1.165, 1.54) is 5.56 Å². The predicted molar refractivity (Wildman–Crippen MR) is 136 cm³/mol. The van der Waals surface area contributed by atoms with E-state index in [1.807, 2.05) is 89.2 Å². The molecule has 0 aliphatic heterocycles. The second-order valence-corrected chi connectivity index (χ2v) is 8.09. The standard InChI is InChI=1S/C17H20N2O.C7H12ClN5/c1-13-9-11-15(12-10-13)18-16(20)19-17(2,3)14-7-5-4-6-8-14;1-3-9-6-11-5(8)12-7(13-6)10-4-2/h4-12H,1-3H3,(H2,18,19,20);3-4H2,1-2H3,(H2,9,10,11,12,13). The van der Waals surface area contributed by atoms with Crippen molar-refractivity contribution >= 4 is 35.2 Å². The van der Waals surface area contributed by atoms with E-state index in [4.69, 9.17) is 11.6 Å². The molecule has 0 saturated heterocycles.